The molecule has 0 unspecified atom stereocenters. The fourth-order valence-electron chi connectivity index (χ4n) is 6.55. The number of ether oxygens (including phenoxy) is 3. The van der Waals surface area contributed by atoms with Crippen LogP contribution in [0.2, 0.25) is 0 Å². The van der Waals surface area contributed by atoms with E-state index < -0.39 is 58.7 Å². The standard InChI is InChI=1S/C38H49N5O9/c1-7-12-26(30(44)34(46)39-24-17-18-24)40-33(45)28-20-38(19-27(42-52-38)25-15-11-16-29(49-5)31(25)50-6)22-43(28)35(47)32(37(2,3)4)41-36(48)51-21-23-13-9-8-10-14-23/h8-11,13-16,24,26,28,32H,7,12,17-22H2,1-6H3,(H,39,46)(H,40,45)(H,41,48)/t26-,28-,32+,38+/m0/s1. The Labute approximate surface area is 303 Å². The van der Waals surface area contributed by atoms with Gasteiger partial charge in [-0.1, -0.05) is 75.7 Å². The van der Waals surface area contributed by atoms with Crippen molar-refractivity contribution in [3.05, 3.63) is 59.7 Å². The highest BCUT2D eigenvalue weighted by Gasteiger charge is 2.56. The van der Waals surface area contributed by atoms with Crippen LogP contribution in [0, 0.1) is 5.41 Å². The molecule has 4 amide bonds. The molecule has 5 rings (SSSR count). The maximum atomic E-state index is 14.6. The molecule has 0 bridgehead atoms. The first kappa shape index (κ1) is 38.1. The van der Waals surface area contributed by atoms with Gasteiger partial charge >= 0.3 is 6.09 Å². The van der Waals surface area contributed by atoms with Crippen LogP contribution in [0.3, 0.4) is 0 Å². The van der Waals surface area contributed by atoms with E-state index in [9.17, 15) is 24.0 Å². The van der Waals surface area contributed by atoms with Crippen LogP contribution in [-0.4, -0.2) is 90.7 Å². The van der Waals surface area contributed by atoms with Gasteiger partial charge in [-0.15, -0.1) is 0 Å². The van der Waals surface area contributed by atoms with Gasteiger partial charge in [0.2, 0.25) is 17.6 Å². The number of nitrogens with zero attached hydrogens (tertiary/aromatic N) is 2. The number of hydrogen-bond donors (Lipinski definition) is 3. The van der Waals surface area contributed by atoms with Gasteiger partial charge in [0, 0.05) is 24.4 Å². The molecule has 2 fully saturated rings. The Hall–Kier alpha value is -5.14. The summed E-state index contributed by atoms with van der Waals surface area (Å²) in [4.78, 5) is 75.3. The van der Waals surface area contributed by atoms with Crippen molar-refractivity contribution in [1.82, 2.24) is 20.9 Å². The van der Waals surface area contributed by atoms with E-state index in [0.29, 0.717) is 29.2 Å². The zero-order valence-electron chi connectivity index (χ0n) is 30.7. The van der Waals surface area contributed by atoms with Gasteiger partial charge in [0.25, 0.3) is 5.91 Å². The summed E-state index contributed by atoms with van der Waals surface area (Å²) in [6, 6.07) is 11.2. The van der Waals surface area contributed by atoms with Crippen LogP contribution in [0.1, 0.15) is 77.3 Å². The van der Waals surface area contributed by atoms with Gasteiger partial charge in [-0.05, 0) is 42.4 Å². The molecule has 1 spiro atoms. The number of amides is 4. The third-order valence-electron chi connectivity index (χ3n) is 9.47. The Kier molecular flexibility index (Phi) is 11.8. The SMILES string of the molecule is CCC[C@H](NC(=O)[C@@H]1C[C@]2(CC(c3cccc(OC)c3OC)=NO2)CN1C(=O)[C@@H](NC(=O)OCc1ccccc1)C(C)(C)C)C(=O)C(=O)NC1CC1. The normalized spacial score (nSPS) is 20.6. The van der Waals surface area contributed by atoms with Crippen LogP contribution in [0.15, 0.2) is 53.7 Å². The lowest BCUT2D eigenvalue weighted by Gasteiger charge is -2.35. The number of ketones is 1. The average molecular weight is 720 g/mol. The number of carbonyl (C=O) groups is 5. The van der Waals surface area contributed by atoms with Gasteiger partial charge in [0.05, 0.1) is 32.5 Å². The van der Waals surface area contributed by atoms with E-state index in [4.69, 9.17) is 19.0 Å². The van der Waals surface area contributed by atoms with Crippen molar-refractivity contribution in [3.63, 3.8) is 0 Å². The summed E-state index contributed by atoms with van der Waals surface area (Å²) in [5.74, 6) is -1.68. The van der Waals surface area contributed by atoms with Crippen LogP contribution < -0.4 is 25.4 Å². The predicted molar refractivity (Wildman–Crippen MR) is 191 cm³/mol. The van der Waals surface area contributed by atoms with E-state index in [-0.39, 0.29) is 38.5 Å². The monoisotopic (exact) mass is 719 g/mol. The van der Waals surface area contributed by atoms with Crippen molar-refractivity contribution < 1.29 is 43.0 Å². The molecule has 2 aromatic rings. The average Bonchev–Trinajstić information content (AvgIpc) is 3.72. The topological polar surface area (TPSA) is 174 Å². The predicted octanol–water partition coefficient (Wildman–Crippen LogP) is 3.64. The molecular weight excluding hydrogens is 670 g/mol. The second-order valence-electron chi connectivity index (χ2n) is 14.7. The van der Waals surface area contributed by atoms with Crippen molar-refractivity contribution in [1.29, 1.82) is 0 Å². The molecule has 1 saturated carbocycles. The van der Waals surface area contributed by atoms with E-state index in [1.165, 1.54) is 19.1 Å². The zero-order valence-corrected chi connectivity index (χ0v) is 30.7. The Morgan fingerprint density at radius 1 is 1.00 bits per heavy atom. The maximum absolute atomic E-state index is 14.6. The molecule has 1 aliphatic carbocycles. The van der Waals surface area contributed by atoms with Crippen LogP contribution in [0.5, 0.6) is 11.5 Å². The molecule has 3 N–H and O–H groups in total. The molecule has 14 heteroatoms. The molecule has 0 radical (unpaired) electrons. The Balaban J connectivity index is 1.41. The quantitative estimate of drug-likeness (QED) is 0.247. The highest BCUT2D eigenvalue weighted by Crippen LogP contribution is 2.42. The van der Waals surface area contributed by atoms with Crippen molar-refractivity contribution in [3.8, 4) is 11.5 Å². The number of para-hydroxylation sites is 1. The minimum atomic E-state index is -1.13. The largest absolute Gasteiger partial charge is 0.493 e. The first-order chi connectivity index (χ1) is 24.8. The summed E-state index contributed by atoms with van der Waals surface area (Å²) in [6.45, 7) is 7.18. The van der Waals surface area contributed by atoms with Crippen molar-refractivity contribution in [2.24, 2.45) is 10.6 Å². The number of Topliss-reactive ketones (excluding diaryl/α,β-unsaturated/α-hetero) is 1. The second kappa shape index (κ2) is 16.0. The van der Waals surface area contributed by atoms with E-state index in [2.05, 4.69) is 21.1 Å². The van der Waals surface area contributed by atoms with Gasteiger partial charge in [-0.3, -0.25) is 19.2 Å². The number of rotatable bonds is 14. The molecule has 52 heavy (non-hydrogen) atoms. The lowest BCUT2D eigenvalue weighted by atomic mass is 9.85. The third-order valence-corrected chi connectivity index (χ3v) is 9.47. The summed E-state index contributed by atoms with van der Waals surface area (Å²) >= 11 is 0. The molecule has 1 saturated heterocycles. The van der Waals surface area contributed by atoms with Crippen LogP contribution in [0.25, 0.3) is 0 Å². The number of alkyl carbamates (subject to hydrolysis) is 1. The number of benzene rings is 2. The molecule has 0 aromatic heterocycles. The van der Waals surface area contributed by atoms with E-state index in [1.54, 1.807) is 32.9 Å². The van der Waals surface area contributed by atoms with Gasteiger partial charge in [0.1, 0.15) is 18.7 Å². The van der Waals surface area contributed by atoms with E-state index in [1.807, 2.05) is 43.3 Å². The Bertz CT molecular complexity index is 1690. The smallest absolute Gasteiger partial charge is 0.408 e. The van der Waals surface area contributed by atoms with E-state index >= 15 is 0 Å². The van der Waals surface area contributed by atoms with Crippen molar-refractivity contribution in [2.45, 2.75) is 103 Å². The van der Waals surface area contributed by atoms with Crippen LogP contribution >= 0.6 is 0 Å². The Morgan fingerprint density at radius 2 is 1.73 bits per heavy atom. The first-order valence-electron chi connectivity index (χ1n) is 17.7. The van der Waals surface area contributed by atoms with E-state index in [0.717, 1.165) is 18.4 Å². The number of oxime groups is 1. The molecule has 4 atom stereocenters. The summed E-state index contributed by atoms with van der Waals surface area (Å²) in [7, 11) is 3.05. The number of likely N-dealkylation sites (tertiary alicyclic amines) is 1. The lowest BCUT2D eigenvalue weighted by Crippen LogP contribution is -2.59. The summed E-state index contributed by atoms with van der Waals surface area (Å²) < 4.78 is 16.6. The summed E-state index contributed by atoms with van der Waals surface area (Å²) in [5.41, 5.74) is 0.0155. The van der Waals surface area contributed by atoms with Gasteiger partial charge in [0.15, 0.2) is 17.1 Å². The second-order valence-corrected chi connectivity index (χ2v) is 14.7. The number of hydrogen-bond acceptors (Lipinski definition) is 10. The highest BCUT2D eigenvalue weighted by atomic mass is 16.7. The number of nitrogens with one attached hydrogen (secondary N) is 3. The summed E-state index contributed by atoms with van der Waals surface area (Å²) in [5, 5.41) is 12.6. The molecule has 14 nitrogen and oxygen atoms in total. The number of methoxy groups -OCH3 is 2. The maximum Gasteiger partial charge on any atom is 0.408 e. The molecule has 3 aliphatic rings. The molecule has 2 aromatic carbocycles. The third kappa shape index (κ3) is 8.83. The molecule has 2 aliphatic heterocycles. The lowest BCUT2D eigenvalue weighted by molar-refractivity contribution is -0.144. The minimum Gasteiger partial charge on any atom is -0.493 e. The van der Waals surface area contributed by atoms with Gasteiger partial charge in [-0.2, -0.15) is 0 Å². The fraction of sp³-hybridized carbons (Fsp3) is 0.526. The molecule has 280 valence electrons. The van der Waals surface area contributed by atoms with Gasteiger partial charge in [-0.25, -0.2) is 4.79 Å². The van der Waals surface area contributed by atoms with Crippen molar-refractivity contribution in [2.75, 3.05) is 20.8 Å². The molecule has 2 heterocycles. The number of carbonyl (C=O) groups excluding carboxylic acids is 5. The first-order valence-corrected chi connectivity index (χ1v) is 17.7. The highest BCUT2D eigenvalue weighted by molar-refractivity contribution is 6.38. The van der Waals surface area contributed by atoms with Crippen molar-refractivity contribution >= 4 is 35.3 Å². The van der Waals surface area contributed by atoms with Gasteiger partial charge < -0.3 is 39.9 Å². The van der Waals surface area contributed by atoms with Crippen LogP contribution in [0.4, 0.5) is 4.79 Å². The van der Waals surface area contributed by atoms with Crippen LogP contribution in [-0.2, 0) is 35.4 Å². The fourth-order valence-corrected chi connectivity index (χ4v) is 6.55. The molecular formula is C38H49N5O9. The summed E-state index contributed by atoms with van der Waals surface area (Å²) in [6.07, 6.45) is 1.81. The zero-order chi connectivity index (χ0) is 37.6. The minimum absolute atomic E-state index is 0.00155. The Morgan fingerprint density at radius 3 is 2.37 bits per heavy atom.